The van der Waals surface area contributed by atoms with Crippen molar-refractivity contribution in [3.05, 3.63) is 66.5 Å². The van der Waals surface area contributed by atoms with Gasteiger partial charge in [0.25, 0.3) is 0 Å². The Morgan fingerprint density at radius 3 is 2.62 bits per heavy atom. The van der Waals surface area contributed by atoms with Crippen LogP contribution in [-0.2, 0) is 6.42 Å². The number of imidazole rings is 1. The summed E-state index contributed by atoms with van der Waals surface area (Å²) in [6, 6.07) is 15.5. The summed E-state index contributed by atoms with van der Waals surface area (Å²) in [5.74, 6) is 1.46. The molecule has 1 aliphatic heterocycles. The van der Waals surface area contributed by atoms with E-state index < -0.39 is 0 Å². The molecule has 6 rings (SSSR count). The first kappa shape index (κ1) is 20.8. The third-order valence-corrected chi connectivity index (χ3v) is 6.77. The molecule has 0 amide bonds. The van der Waals surface area contributed by atoms with Crippen LogP contribution >= 0.6 is 0 Å². The number of H-pyrrole nitrogens is 1. The minimum absolute atomic E-state index is 0.211. The second-order valence-electron chi connectivity index (χ2n) is 8.97. The predicted octanol–water partition coefficient (Wildman–Crippen LogP) is 6.05. The zero-order valence-electron chi connectivity index (χ0n) is 19.3. The third-order valence-electron chi connectivity index (χ3n) is 6.77. The molecule has 0 unspecified atom stereocenters. The van der Waals surface area contributed by atoms with Crippen LogP contribution in [0.4, 0.5) is 10.1 Å². The number of fused-ring (bicyclic) bond motifs is 2. The van der Waals surface area contributed by atoms with E-state index in [2.05, 4.69) is 49.8 Å². The van der Waals surface area contributed by atoms with E-state index in [1.54, 1.807) is 6.07 Å². The molecule has 0 spiro atoms. The van der Waals surface area contributed by atoms with Crippen molar-refractivity contribution in [2.24, 2.45) is 0 Å². The molecule has 172 valence electrons. The standard InChI is InChI=1S/C27H27FN6/c1-2-8-25-31-26-21(27-29-17-30-32-27)15-18(33-13-4-3-5-14-33)16-24(26)34(25)23-12-7-9-19-20(23)10-6-11-22(19)28/h6-7,9-12,15-17H,2-5,8,13-14H2,1H3,(H,29,30,32). The van der Waals surface area contributed by atoms with Crippen molar-refractivity contribution in [2.45, 2.75) is 39.0 Å². The van der Waals surface area contributed by atoms with Crippen molar-refractivity contribution in [2.75, 3.05) is 18.0 Å². The van der Waals surface area contributed by atoms with E-state index in [-0.39, 0.29) is 5.82 Å². The van der Waals surface area contributed by atoms with E-state index in [0.717, 1.165) is 65.1 Å². The van der Waals surface area contributed by atoms with Gasteiger partial charge in [-0.15, -0.1) is 0 Å². The highest BCUT2D eigenvalue weighted by atomic mass is 19.1. The van der Waals surface area contributed by atoms with Crippen molar-refractivity contribution in [3.63, 3.8) is 0 Å². The Hall–Kier alpha value is -3.74. The highest BCUT2D eigenvalue weighted by Crippen LogP contribution is 2.36. The number of halogens is 1. The maximum Gasteiger partial charge on any atom is 0.157 e. The number of aryl methyl sites for hydroxylation is 1. The lowest BCUT2D eigenvalue weighted by Crippen LogP contribution is -2.29. The van der Waals surface area contributed by atoms with Crippen LogP contribution in [0.15, 0.2) is 54.9 Å². The molecule has 1 N–H and O–H groups in total. The summed E-state index contributed by atoms with van der Waals surface area (Å²) in [4.78, 5) is 12.0. The number of anilines is 1. The van der Waals surface area contributed by atoms with E-state index in [9.17, 15) is 4.39 Å². The van der Waals surface area contributed by atoms with Crippen LogP contribution < -0.4 is 4.90 Å². The lowest BCUT2D eigenvalue weighted by Gasteiger charge is -2.29. The fourth-order valence-electron chi connectivity index (χ4n) is 5.17. The van der Waals surface area contributed by atoms with Crippen molar-refractivity contribution in [1.29, 1.82) is 0 Å². The minimum atomic E-state index is -0.211. The Bertz CT molecular complexity index is 1460. The van der Waals surface area contributed by atoms with Crippen LogP contribution in [0.25, 0.3) is 38.9 Å². The smallest absolute Gasteiger partial charge is 0.157 e. The summed E-state index contributed by atoms with van der Waals surface area (Å²) in [6.45, 7) is 4.23. The van der Waals surface area contributed by atoms with Gasteiger partial charge in [-0.2, -0.15) is 5.10 Å². The minimum Gasteiger partial charge on any atom is -0.371 e. The molecule has 0 radical (unpaired) electrons. The molecule has 1 aliphatic rings. The van der Waals surface area contributed by atoms with Gasteiger partial charge in [-0.3, -0.25) is 9.67 Å². The molecule has 6 nitrogen and oxygen atoms in total. The van der Waals surface area contributed by atoms with Crippen LogP contribution in [0.5, 0.6) is 0 Å². The molecule has 1 fully saturated rings. The maximum absolute atomic E-state index is 14.7. The summed E-state index contributed by atoms with van der Waals surface area (Å²) >= 11 is 0. The summed E-state index contributed by atoms with van der Waals surface area (Å²) in [5.41, 5.74) is 4.94. The van der Waals surface area contributed by atoms with Crippen molar-refractivity contribution in [3.8, 4) is 17.1 Å². The third kappa shape index (κ3) is 3.43. The monoisotopic (exact) mass is 454 g/mol. The van der Waals surface area contributed by atoms with Gasteiger partial charge in [0.05, 0.1) is 11.2 Å². The topological polar surface area (TPSA) is 62.6 Å². The molecule has 3 aromatic carbocycles. The highest BCUT2D eigenvalue weighted by Gasteiger charge is 2.22. The molecule has 0 aliphatic carbocycles. The molecule has 0 atom stereocenters. The van der Waals surface area contributed by atoms with Crippen LogP contribution in [0.1, 0.15) is 38.4 Å². The van der Waals surface area contributed by atoms with Crippen molar-refractivity contribution in [1.82, 2.24) is 24.7 Å². The van der Waals surface area contributed by atoms with Gasteiger partial charge < -0.3 is 4.90 Å². The Morgan fingerprint density at radius 2 is 1.82 bits per heavy atom. The largest absolute Gasteiger partial charge is 0.371 e. The summed E-state index contributed by atoms with van der Waals surface area (Å²) in [6.07, 6.45) is 6.96. The Balaban J connectivity index is 1.68. The zero-order chi connectivity index (χ0) is 23.1. The number of aromatic nitrogens is 5. The van der Waals surface area contributed by atoms with Crippen LogP contribution in [0, 0.1) is 5.82 Å². The van der Waals surface area contributed by atoms with E-state index in [4.69, 9.17) is 4.98 Å². The molecule has 0 bridgehead atoms. The van der Waals surface area contributed by atoms with Gasteiger partial charge >= 0.3 is 0 Å². The SMILES string of the molecule is CCCc1nc2c(-c3ncn[nH]3)cc(N3CCCCC3)cc2n1-c1cccc2c(F)cccc12. The normalized spacial score (nSPS) is 14.4. The second kappa shape index (κ2) is 8.56. The van der Waals surface area contributed by atoms with Gasteiger partial charge in [0.1, 0.15) is 23.5 Å². The Kier molecular flexibility index (Phi) is 5.24. The Labute approximate surface area is 197 Å². The number of hydrogen-bond acceptors (Lipinski definition) is 4. The number of nitrogens with zero attached hydrogens (tertiary/aromatic N) is 5. The van der Waals surface area contributed by atoms with Gasteiger partial charge in [0.15, 0.2) is 5.82 Å². The lowest BCUT2D eigenvalue weighted by molar-refractivity contribution is 0.578. The number of hydrogen-bond donors (Lipinski definition) is 1. The first-order valence-electron chi connectivity index (χ1n) is 12.1. The van der Waals surface area contributed by atoms with Gasteiger partial charge in [-0.1, -0.05) is 31.2 Å². The molecule has 0 saturated carbocycles. The molecular weight excluding hydrogens is 427 g/mol. The van der Waals surface area contributed by atoms with Gasteiger partial charge in [0.2, 0.25) is 0 Å². The average molecular weight is 455 g/mol. The van der Waals surface area contributed by atoms with E-state index in [0.29, 0.717) is 11.2 Å². The predicted molar refractivity (Wildman–Crippen MR) is 134 cm³/mol. The van der Waals surface area contributed by atoms with Crippen molar-refractivity contribution < 1.29 is 4.39 Å². The maximum atomic E-state index is 14.7. The number of piperidine rings is 1. The van der Waals surface area contributed by atoms with Crippen LogP contribution in [-0.4, -0.2) is 37.8 Å². The first-order valence-corrected chi connectivity index (χ1v) is 12.1. The molecular formula is C27H27FN6. The highest BCUT2D eigenvalue weighted by molar-refractivity contribution is 5.98. The number of benzene rings is 3. The van der Waals surface area contributed by atoms with Gasteiger partial charge in [-0.25, -0.2) is 14.4 Å². The van der Waals surface area contributed by atoms with E-state index in [1.165, 1.54) is 31.7 Å². The Morgan fingerprint density at radius 1 is 1.00 bits per heavy atom. The molecule has 1 saturated heterocycles. The van der Waals surface area contributed by atoms with E-state index in [1.807, 2.05) is 18.2 Å². The quantitative estimate of drug-likeness (QED) is 0.351. The van der Waals surface area contributed by atoms with Crippen molar-refractivity contribution >= 4 is 27.5 Å². The summed E-state index contributed by atoms with van der Waals surface area (Å²) in [7, 11) is 0. The summed E-state index contributed by atoms with van der Waals surface area (Å²) in [5, 5.41) is 8.63. The summed E-state index contributed by atoms with van der Waals surface area (Å²) < 4.78 is 16.9. The molecule has 3 heterocycles. The molecule has 34 heavy (non-hydrogen) atoms. The number of nitrogens with one attached hydrogen (secondary N) is 1. The average Bonchev–Trinajstić information content (AvgIpc) is 3.53. The zero-order valence-corrected chi connectivity index (χ0v) is 19.3. The molecule has 5 aromatic rings. The number of aromatic amines is 1. The fourth-order valence-corrected chi connectivity index (χ4v) is 5.17. The van der Waals surface area contributed by atoms with Gasteiger partial charge in [-0.05, 0) is 49.9 Å². The molecule has 7 heteroatoms. The van der Waals surface area contributed by atoms with E-state index >= 15 is 0 Å². The molecule has 2 aromatic heterocycles. The van der Waals surface area contributed by atoms with Crippen LogP contribution in [0.3, 0.4) is 0 Å². The second-order valence-corrected chi connectivity index (χ2v) is 8.97. The first-order chi connectivity index (χ1) is 16.7. The lowest BCUT2D eigenvalue weighted by atomic mass is 10.1. The fraction of sp³-hybridized carbons (Fsp3) is 0.296. The van der Waals surface area contributed by atoms with Gasteiger partial charge in [0, 0.05) is 41.5 Å². The van der Waals surface area contributed by atoms with Crippen LogP contribution in [0.2, 0.25) is 0 Å². The number of rotatable bonds is 5.